The van der Waals surface area contributed by atoms with Gasteiger partial charge in [0.25, 0.3) is 11.7 Å². The number of amides is 1. The van der Waals surface area contributed by atoms with Crippen LogP contribution in [0.25, 0.3) is 10.9 Å². The molecule has 0 fully saturated rings. The van der Waals surface area contributed by atoms with Crippen LogP contribution in [0.1, 0.15) is 39.2 Å². The van der Waals surface area contributed by atoms with Gasteiger partial charge >= 0.3 is 5.97 Å². The van der Waals surface area contributed by atoms with Crippen LogP contribution in [0, 0.1) is 12.7 Å². The van der Waals surface area contributed by atoms with Crippen LogP contribution in [0.5, 0.6) is 5.75 Å². The van der Waals surface area contributed by atoms with E-state index >= 15 is 0 Å². The molecule has 1 aliphatic carbocycles. The number of Topliss-reactive ketones (excluding diaryl/α,β-unsaturated/α-hetero) is 1. The van der Waals surface area contributed by atoms with E-state index in [4.69, 9.17) is 10.5 Å². The molecule has 3 aromatic rings. The lowest BCUT2D eigenvalue weighted by Gasteiger charge is -2.14. The second kappa shape index (κ2) is 8.45. The van der Waals surface area contributed by atoms with E-state index in [1.165, 1.54) is 19.2 Å². The van der Waals surface area contributed by atoms with E-state index in [0.717, 1.165) is 41.5 Å². The van der Waals surface area contributed by atoms with Crippen LogP contribution in [-0.2, 0) is 33.7 Å². The van der Waals surface area contributed by atoms with Gasteiger partial charge in [0.15, 0.2) is 6.61 Å². The van der Waals surface area contributed by atoms with Gasteiger partial charge in [-0.05, 0) is 61.1 Å². The SMILES string of the molecule is COC(=O)COc1cc2c(c3c1c(C(=O)C(N)=O)c(C)n3Cc1ccc(F)cc1)CCC2. The first-order chi connectivity index (χ1) is 15.3. The molecule has 1 aromatic heterocycles. The van der Waals surface area contributed by atoms with Gasteiger partial charge in [-0.2, -0.15) is 0 Å². The number of primary amides is 1. The third kappa shape index (κ3) is 3.72. The number of ketones is 1. The minimum absolute atomic E-state index is 0.157. The predicted molar refractivity (Wildman–Crippen MR) is 115 cm³/mol. The lowest BCUT2D eigenvalue weighted by atomic mass is 10.0. The molecule has 2 N–H and O–H groups in total. The smallest absolute Gasteiger partial charge is 0.343 e. The highest BCUT2D eigenvalue weighted by atomic mass is 19.1. The van der Waals surface area contributed by atoms with Crippen molar-refractivity contribution in [3.8, 4) is 5.75 Å². The number of hydrogen-bond acceptors (Lipinski definition) is 5. The van der Waals surface area contributed by atoms with Crippen molar-refractivity contribution in [2.75, 3.05) is 13.7 Å². The van der Waals surface area contributed by atoms with E-state index in [2.05, 4.69) is 4.74 Å². The molecule has 0 saturated heterocycles. The van der Waals surface area contributed by atoms with Crippen molar-refractivity contribution in [1.29, 1.82) is 0 Å². The average Bonchev–Trinajstić information content (AvgIpc) is 3.35. The maximum absolute atomic E-state index is 13.4. The Morgan fingerprint density at radius 1 is 1.16 bits per heavy atom. The Balaban J connectivity index is 1.98. The summed E-state index contributed by atoms with van der Waals surface area (Å²) in [5.74, 6) is -2.48. The number of aromatic nitrogens is 1. The van der Waals surface area contributed by atoms with E-state index in [1.807, 2.05) is 10.6 Å². The number of benzene rings is 2. The summed E-state index contributed by atoms with van der Waals surface area (Å²) in [6.07, 6.45) is 2.57. The highest BCUT2D eigenvalue weighted by molar-refractivity contribution is 6.45. The summed E-state index contributed by atoms with van der Waals surface area (Å²) in [6.45, 7) is 1.77. The Kier molecular flexibility index (Phi) is 5.69. The normalized spacial score (nSPS) is 12.6. The van der Waals surface area contributed by atoms with Crippen molar-refractivity contribution >= 4 is 28.6 Å². The summed E-state index contributed by atoms with van der Waals surface area (Å²) >= 11 is 0. The van der Waals surface area contributed by atoms with Crippen LogP contribution in [0.3, 0.4) is 0 Å². The second-order valence-corrected chi connectivity index (χ2v) is 7.82. The third-order valence-electron chi connectivity index (χ3n) is 5.90. The van der Waals surface area contributed by atoms with Gasteiger partial charge in [0.2, 0.25) is 0 Å². The van der Waals surface area contributed by atoms with Crippen molar-refractivity contribution in [1.82, 2.24) is 4.57 Å². The Morgan fingerprint density at radius 3 is 2.53 bits per heavy atom. The number of nitrogens with two attached hydrogens (primary N) is 1. The Hall–Kier alpha value is -3.68. The molecular formula is C24H23FN2O5. The van der Waals surface area contributed by atoms with Gasteiger partial charge in [-0.1, -0.05) is 12.1 Å². The minimum atomic E-state index is -1.08. The van der Waals surface area contributed by atoms with Crippen molar-refractivity contribution in [2.24, 2.45) is 5.73 Å². The summed E-state index contributed by atoms with van der Waals surface area (Å²) in [5.41, 5.74) is 9.80. The summed E-state index contributed by atoms with van der Waals surface area (Å²) < 4.78 is 25.8. The molecule has 0 aliphatic heterocycles. The van der Waals surface area contributed by atoms with Gasteiger partial charge in [0.05, 0.1) is 23.6 Å². The number of rotatable bonds is 7. The van der Waals surface area contributed by atoms with E-state index in [9.17, 15) is 18.8 Å². The van der Waals surface area contributed by atoms with E-state index < -0.39 is 17.7 Å². The van der Waals surface area contributed by atoms with Gasteiger partial charge in [-0.25, -0.2) is 9.18 Å². The average molecular weight is 438 g/mol. The molecule has 2 aromatic carbocycles. The topological polar surface area (TPSA) is 101 Å². The molecule has 1 aliphatic rings. The van der Waals surface area contributed by atoms with Crippen LogP contribution < -0.4 is 10.5 Å². The summed E-state index contributed by atoms with van der Waals surface area (Å²) in [7, 11) is 1.26. The van der Waals surface area contributed by atoms with E-state index in [1.54, 1.807) is 19.1 Å². The van der Waals surface area contributed by atoms with Crippen molar-refractivity contribution in [3.05, 3.63) is 64.1 Å². The molecule has 1 amide bonds. The number of nitrogens with zero attached hydrogens (tertiary/aromatic N) is 1. The second-order valence-electron chi connectivity index (χ2n) is 7.82. The lowest BCUT2D eigenvalue weighted by Crippen LogP contribution is -2.24. The first kappa shape index (κ1) is 21.5. The fourth-order valence-electron chi connectivity index (χ4n) is 4.40. The van der Waals surface area contributed by atoms with Gasteiger partial charge in [0, 0.05) is 12.2 Å². The molecule has 0 bridgehead atoms. The predicted octanol–water partition coefficient (Wildman–Crippen LogP) is 2.85. The van der Waals surface area contributed by atoms with Gasteiger partial charge in [-0.3, -0.25) is 9.59 Å². The highest BCUT2D eigenvalue weighted by Gasteiger charge is 2.30. The maximum atomic E-state index is 13.4. The summed E-state index contributed by atoms with van der Waals surface area (Å²) in [5, 5.41) is 0.456. The Labute approximate surface area is 183 Å². The third-order valence-corrected chi connectivity index (χ3v) is 5.90. The van der Waals surface area contributed by atoms with E-state index in [0.29, 0.717) is 23.4 Å². The monoisotopic (exact) mass is 438 g/mol. The van der Waals surface area contributed by atoms with Crippen LogP contribution in [0.2, 0.25) is 0 Å². The number of hydrogen-bond donors (Lipinski definition) is 1. The number of methoxy groups -OCH3 is 1. The quantitative estimate of drug-likeness (QED) is 0.347. The summed E-state index contributed by atoms with van der Waals surface area (Å²) in [4.78, 5) is 36.4. The largest absolute Gasteiger partial charge is 0.481 e. The number of carbonyl (C=O) groups is 3. The number of fused-ring (bicyclic) bond motifs is 3. The van der Waals surface area contributed by atoms with Crippen LogP contribution in [-0.4, -0.2) is 35.9 Å². The molecule has 1 heterocycles. The molecular weight excluding hydrogens is 415 g/mol. The molecule has 4 rings (SSSR count). The molecule has 8 heteroatoms. The zero-order valence-electron chi connectivity index (χ0n) is 17.9. The first-order valence-electron chi connectivity index (χ1n) is 10.3. The van der Waals surface area contributed by atoms with Gasteiger partial charge in [0.1, 0.15) is 11.6 Å². The fourth-order valence-corrected chi connectivity index (χ4v) is 4.40. The fraction of sp³-hybridized carbons (Fsp3) is 0.292. The van der Waals surface area contributed by atoms with Crippen LogP contribution >= 0.6 is 0 Å². The molecule has 166 valence electrons. The number of carbonyl (C=O) groups excluding carboxylic acids is 3. The molecule has 7 nitrogen and oxygen atoms in total. The molecule has 0 spiro atoms. The molecule has 0 atom stereocenters. The van der Waals surface area contributed by atoms with Gasteiger partial charge < -0.3 is 19.8 Å². The Morgan fingerprint density at radius 2 is 1.88 bits per heavy atom. The molecule has 32 heavy (non-hydrogen) atoms. The zero-order chi connectivity index (χ0) is 23.0. The number of esters is 1. The first-order valence-corrected chi connectivity index (χ1v) is 10.3. The maximum Gasteiger partial charge on any atom is 0.343 e. The minimum Gasteiger partial charge on any atom is -0.481 e. The molecule has 0 unspecified atom stereocenters. The standard InChI is InChI=1S/C24H23FN2O5/c1-13-20(23(29)24(26)30)21-18(32-12-19(28)31-2)10-15-4-3-5-17(15)22(21)27(13)11-14-6-8-16(25)9-7-14/h6-10H,3-5,11-12H2,1-2H3,(H2,26,30). The Bertz CT molecular complexity index is 1240. The van der Waals surface area contributed by atoms with Crippen LogP contribution in [0.4, 0.5) is 4.39 Å². The zero-order valence-corrected chi connectivity index (χ0v) is 17.9. The van der Waals surface area contributed by atoms with Crippen LogP contribution in [0.15, 0.2) is 30.3 Å². The van der Waals surface area contributed by atoms with Gasteiger partial charge in [-0.15, -0.1) is 0 Å². The highest BCUT2D eigenvalue weighted by Crippen LogP contribution is 2.41. The molecule has 0 saturated carbocycles. The van der Waals surface area contributed by atoms with Crippen molar-refractivity contribution in [3.63, 3.8) is 0 Å². The van der Waals surface area contributed by atoms with Crippen molar-refractivity contribution in [2.45, 2.75) is 32.7 Å². The number of ether oxygens (including phenoxy) is 2. The summed E-state index contributed by atoms with van der Waals surface area (Å²) in [6, 6.07) is 7.93. The number of halogens is 1. The van der Waals surface area contributed by atoms with Crippen molar-refractivity contribution < 1.29 is 28.2 Å². The van der Waals surface area contributed by atoms with E-state index in [-0.39, 0.29) is 18.0 Å². The lowest BCUT2D eigenvalue weighted by molar-refractivity contribution is -0.142. The number of aryl methyl sites for hydroxylation is 2. The molecule has 0 radical (unpaired) electrons.